The van der Waals surface area contributed by atoms with Gasteiger partial charge >= 0.3 is 0 Å². The van der Waals surface area contributed by atoms with Crippen molar-refractivity contribution in [3.63, 3.8) is 0 Å². The molecule has 0 amide bonds. The number of anilines is 1. The van der Waals surface area contributed by atoms with Crippen LogP contribution in [0.2, 0.25) is 0 Å². The van der Waals surface area contributed by atoms with Crippen molar-refractivity contribution in [3.05, 3.63) is 24.5 Å². The monoisotopic (exact) mass is 230 g/mol. The highest BCUT2D eigenvalue weighted by atomic mass is 16.5. The van der Waals surface area contributed by atoms with Crippen LogP contribution in [0.1, 0.15) is 12.8 Å². The largest absolute Gasteiger partial charge is 0.381 e. The Kier molecular flexibility index (Phi) is 2.60. The Morgan fingerprint density at radius 2 is 2.06 bits per heavy atom. The summed E-state index contributed by atoms with van der Waals surface area (Å²) < 4.78 is 5.24. The summed E-state index contributed by atoms with van der Waals surface area (Å²) in [5, 5.41) is 3.38. The third kappa shape index (κ3) is 2.06. The smallest absolute Gasteiger partial charge is 0.180 e. The maximum Gasteiger partial charge on any atom is 0.180 e. The molecule has 1 aliphatic rings. The minimum Gasteiger partial charge on any atom is -0.381 e. The van der Waals surface area contributed by atoms with Gasteiger partial charge in [0.15, 0.2) is 5.65 Å². The van der Waals surface area contributed by atoms with Crippen LogP contribution in [0.15, 0.2) is 24.5 Å². The molecular formula is C12H14N4O. The number of hydrogen-bond donors (Lipinski definition) is 1. The third-order valence-electron chi connectivity index (χ3n) is 3.11. The summed E-state index contributed by atoms with van der Waals surface area (Å²) in [4.78, 5) is 12.8. The van der Waals surface area contributed by atoms with Crippen LogP contribution >= 0.6 is 0 Å². The number of nitrogens with zero attached hydrogens (tertiary/aromatic N) is 3. The summed E-state index contributed by atoms with van der Waals surface area (Å²) in [5.74, 6) is 0.859. The van der Waals surface area contributed by atoms with Crippen molar-refractivity contribution in [3.8, 4) is 0 Å². The van der Waals surface area contributed by atoms with E-state index < -0.39 is 0 Å². The molecule has 0 atom stereocenters. The standard InChI is InChI=1S/C12H14N4O/c1-17-9-6-8(7-9)15-11-3-2-10-12(16-11)14-5-4-13-10/h2-5,8-9H,6-7H2,1H3,(H,14,15,16). The van der Waals surface area contributed by atoms with Gasteiger partial charge in [-0.25, -0.2) is 9.97 Å². The Hall–Kier alpha value is -1.75. The molecule has 0 saturated heterocycles. The number of pyridine rings is 1. The molecule has 5 heteroatoms. The van der Waals surface area contributed by atoms with Crippen molar-refractivity contribution in [2.75, 3.05) is 12.4 Å². The number of aromatic nitrogens is 3. The van der Waals surface area contributed by atoms with Gasteiger partial charge in [-0.05, 0) is 25.0 Å². The van der Waals surface area contributed by atoms with E-state index >= 15 is 0 Å². The molecule has 0 spiro atoms. The molecule has 3 rings (SSSR count). The van der Waals surface area contributed by atoms with Crippen molar-refractivity contribution in [2.24, 2.45) is 0 Å². The molecule has 0 radical (unpaired) electrons. The van der Waals surface area contributed by atoms with Crippen LogP contribution in [0, 0.1) is 0 Å². The fourth-order valence-corrected chi connectivity index (χ4v) is 2.02. The number of ether oxygens (including phenoxy) is 1. The number of hydrogen-bond acceptors (Lipinski definition) is 5. The first kappa shape index (κ1) is 10.4. The fourth-order valence-electron chi connectivity index (χ4n) is 2.02. The van der Waals surface area contributed by atoms with Crippen molar-refractivity contribution in [1.82, 2.24) is 15.0 Å². The molecule has 88 valence electrons. The lowest BCUT2D eigenvalue weighted by atomic mass is 9.89. The highest BCUT2D eigenvalue weighted by Crippen LogP contribution is 2.25. The average Bonchev–Trinajstić information content (AvgIpc) is 2.33. The SMILES string of the molecule is COC1CC(Nc2ccc3nccnc3n2)C1. The molecule has 5 nitrogen and oxygen atoms in total. The van der Waals surface area contributed by atoms with E-state index in [1.165, 1.54) is 0 Å². The predicted molar refractivity (Wildman–Crippen MR) is 64.8 cm³/mol. The van der Waals surface area contributed by atoms with Crippen molar-refractivity contribution >= 4 is 17.0 Å². The Morgan fingerprint density at radius 3 is 2.88 bits per heavy atom. The first-order valence-corrected chi connectivity index (χ1v) is 5.72. The Bertz CT molecular complexity index is 525. The topological polar surface area (TPSA) is 59.9 Å². The van der Waals surface area contributed by atoms with Crippen LogP contribution in [0.5, 0.6) is 0 Å². The van der Waals surface area contributed by atoms with E-state index in [2.05, 4.69) is 20.3 Å². The summed E-state index contributed by atoms with van der Waals surface area (Å²) in [6, 6.07) is 4.34. The maximum atomic E-state index is 5.24. The normalized spacial score (nSPS) is 23.4. The van der Waals surface area contributed by atoms with Crippen molar-refractivity contribution < 1.29 is 4.74 Å². The lowest BCUT2D eigenvalue weighted by molar-refractivity contribution is 0.0328. The molecule has 17 heavy (non-hydrogen) atoms. The van der Waals surface area contributed by atoms with E-state index in [4.69, 9.17) is 4.74 Å². The molecule has 0 aromatic carbocycles. The molecule has 2 aromatic rings. The van der Waals surface area contributed by atoms with Gasteiger partial charge in [-0.2, -0.15) is 0 Å². The zero-order valence-electron chi connectivity index (χ0n) is 9.63. The van der Waals surface area contributed by atoms with Gasteiger partial charge in [0.2, 0.25) is 0 Å². The Morgan fingerprint density at radius 1 is 1.24 bits per heavy atom. The lowest BCUT2D eigenvalue weighted by Gasteiger charge is -2.34. The summed E-state index contributed by atoms with van der Waals surface area (Å²) >= 11 is 0. The number of fused-ring (bicyclic) bond motifs is 1. The van der Waals surface area contributed by atoms with Crippen LogP contribution < -0.4 is 5.32 Å². The van der Waals surface area contributed by atoms with E-state index in [0.29, 0.717) is 17.8 Å². The minimum absolute atomic E-state index is 0.396. The second kappa shape index (κ2) is 4.25. The van der Waals surface area contributed by atoms with E-state index in [1.54, 1.807) is 19.5 Å². The molecular weight excluding hydrogens is 216 g/mol. The van der Waals surface area contributed by atoms with Gasteiger partial charge in [0.1, 0.15) is 11.3 Å². The molecule has 1 fully saturated rings. The predicted octanol–water partition coefficient (Wildman–Crippen LogP) is 1.61. The van der Waals surface area contributed by atoms with Gasteiger partial charge < -0.3 is 10.1 Å². The Labute approximate surface area is 99.3 Å². The zero-order valence-corrected chi connectivity index (χ0v) is 9.63. The fraction of sp³-hybridized carbons (Fsp3) is 0.417. The molecule has 1 aliphatic carbocycles. The molecule has 0 bridgehead atoms. The first-order valence-electron chi connectivity index (χ1n) is 5.72. The molecule has 2 aromatic heterocycles. The van der Waals surface area contributed by atoms with Gasteiger partial charge in [0, 0.05) is 25.5 Å². The van der Waals surface area contributed by atoms with Gasteiger partial charge in [-0.1, -0.05) is 0 Å². The molecule has 1 saturated carbocycles. The lowest BCUT2D eigenvalue weighted by Crippen LogP contribution is -2.40. The Balaban J connectivity index is 1.73. The number of rotatable bonds is 3. The van der Waals surface area contributed by atoms with Crippen LogP contribution in [0.3, 0.4) is 0 Å². The molecule has 0 aliphatic heterocycles. The number of methoxy groups -OCH3 is 1. The molecule has 1 N–H and O–H groups in total. The third-order valence-corrected chi connectivity index (χ3v) is 3.11. The average molecular weight is 230 g/mol. The van der Waals surface area contributed by atoms with Gasteiger partial charge in [-0.15, -0.1) is 0 Å². The summed E-state index contributed by atoms with van der Waals surface area (Å²) in [6.07, 6.45) is 5.80. The van der Waals surface area contributed by atoms with E-state index in [9.17, 15) is 0 Å². The van der Waals surface area contributed by atoms with Gasteiger partial charge in [-0.3, -0.25) is 4.98 Å². The van der Waals surface area contributed by atoms with E-state index in [1.807, 2.05) is 12.1 Å². The molecule has 2 heterocycles. The van der Waals surface area contributed by atoms with Crippen LogP contribution in [0.4, 0.5) is 5.82 Å². The highest BCUT2D eigenvalue weighted by Gasteiger charge is 2.28. The zero-order chi connectivity index (χ0) is 11.7. The highest BCUT2D eigenvalue weighted by molar-refractivity contribution is 5.71. The summed E-state index contributed by atoms with van der Waals surface area (Å²) in [7, 11) is 1.75. The van der Waals surface area contributed by atoms with Gasteiger partial charge in [0.25, 0.3) is 0 Å². The summed E-state index contributed by atoms with van der Waals surface area (Å²) in [6.45, 7) is 0. The molecule has 0 unspecified atom stereocenters. The van der Waals surface area contributed by atoms with E-state index in [0.717, 1.165) is 24.2 Å². The first-order chi connectivity index (χ1) is 8.35. The van der Waals surface area contributed by atoms with Crippen LogP contribution in [-0.4, -0.2) is 34.2 Å². The quantitative estimate of drug-likeness (QED) is 0.868. The van der Waals surface area contributed by atoms with Gasteiger partial charge in [0.05, 0.1) is 6.10 Å². The summed E-state index contributed by atoms with van der Waals surface area (Å²) in [5.41, 5.74) is 1.50. The van der Waals surface area contributed by atoms with E-state index in [-0.39, 0.29) is 0 Å². The van der Waals surface area contributed by atoms with Crippen LogP contribution in [0.25, 0.3) is 11.2 Å². The second-order valence-electron chi connectivity index (χ2n) is 4.27. The van der Waals surface area contributed by atoms with Crippen molar-refractivity contribution in [1.29, 1.82) is 0 Å². The van der Waals surface area contributed by atoms with Crippen LogP contribution in [-0.2, 0) is 4.74 Å². The minimum atomic E-state index is 0.396. The number of nitrogens with one attached hydrogen (secondary N) is 1. The second-order valence-corrected chi connectivity index (χ2v) is 4.27. The maximum absolute atomic E-state index is 5.24. The van der Waals surface area contributed by atoms with Crippen molar-refractivity contribution in [2.45, 2.75) is 25.0 Å².